The minimum absolute atomic E-state index is 0. The normalized spacial score (nSPS) is 9.75. The van der Waals surface area contributed by atoms with Crippen molar-refractivity contribution in [2.45, 2.75) is 5.03 Å². The van der Waals surface area contributed by atoms with Crippen LogP contribution in [0, 0.1) is 0 Å². The van der Waals surface area contributed by atoms with Crippen molar-refractivity contribution < 1.29 is 19.5 Å². The van der Waals surface area contributed by atoms with Crippen molar-refractivity contribution in [3.8, 4) is 0 Å². The number of benzene rings is 1. The summed E-state index contributed by atoms with van der Waals surface area (Å²) in [7, 11) is 0. The van der Waals surface area contributed by atoms with E-state index in [4.69, 9.17) is 0 Å². The molecule has 1 aromatic heterocycles. The third kappa shape index (κ3) is 1.73. The Morgan fingerprint density at radius 1 is 1.25 bits per heavy atom. The molecule has 2 aromatic rings. The van der Waals surface area contributed by atoms with E-state index in [2.05, 4.69) is 35.5 Å². The van der Waals surface area contributed by atoms with Gasteiger partial charge in [-0.1, -0.05) is 18.2 Å². The van der Waals surface area contributed by atoms with E-state index in [1.54, 1.807) is 11.8 Å². The van der Waals surface area contributed by atoms with Crippen LogP contribution in [0.15, 0.2) is 35.4 Å². The molecule has 0 spiro atoms. The molecule has 3 heteroatoms. The Kier molecular flexibility index (Phi) is 3.36. The van der Waals surface area contributed by atoms with E-state index >= 15 is 0 Å². The monoisotopic (exact) mass is 227 g/mol. The van der Waals surface area contributed by atoms with Crippen molar-refractivity contribution in [2.24, 2.45) is 0 Å². The van der Waals surface area contributed by atoms with Crippen LogP contribution in [0.4, 0.5) is 0 Å². The van der Waals surface area contributed by atoms with Crippen LogP contribution in [0.5, 0.6) is 0 Å². The number of fused-ring (bicyclic) bond motifs is 1. The zero-order valence-corrected chi connectivity index (χ0v) is 10.8. The molecule has 0 saturated heterocycles. The number of H-pyrrole nitrogens is 1. The van der Waals surface area contributed by atoms with Crippen LogP contribution in [-0.2, 0) is 19.5 Å². The Morgan fingerprint density at radius 3 is 2.67 bits per heavy atom. The summed E-state index contributed by atoms with van der Waals surface area (Å²) in [5.74, 6) is 0. The summed E-state index contributed by atoms with van der Waals surface area (Å²) in [5, 5.41) is 2.52. The Bertz CT molecular complexity index is 336. The molecule has 0 fully saturated rings. The first-order chi connectivity index (χ1) is 5.40. The molecule has 0 aliphatic carbocycles. The van der Waals surface area contributed by atoms with Gasteiger partial charge in [0.15, 0.2) is 0 Å². The van der Waals surface area contributed by atoms with Gasteiger partial charge in [-0.25, -0.2) is 0 Å². The van der Waals surface area contributed by atoms with Crippen molar-refractivity contribution in [1.82, 2.24) is 4.98 Å². The molecule has 2 rings (SSSR count). The third-order valence-corrected chi connectivity index (χ3v) is 2.38. The SMILES string of the molecule is CSc1cc2ccccc2[nH]1.[Zn]. The number of aromatic amines is 1. The van der Waals surface area contributed by atoms with Gasteiger partial charge in [0, 0.05) is 30.4 Å². The fourth-order valence-corrected chi connectivity index (χ4v) is 1.61. The van der Waals surface area contributed by atoms with Gasteiger partial charge >= 0.3 is 0 Å². The van der Waals surface area contributed by atoms with Gasteiger partial charge in [0.2, 0.25) is 0 Å². The van der Waals surface area contributed by atoms with E-state index in [1.807, 2.05) is 6.07 Å². The van der Waals surface area contributed by atoms with Gasteiger partial charge in [-0.2, -0.15) is 0 Å². The predicted molar refractivity (Wildman–Crippen MR) is 50.1 cm³/mol. The molecule has 0 amide bonds. The average molecular weight is 229 g/mol. The molecular weight excluding hydrogens is 220 g/mol. The number of para-hydroxylation sites is 1. The van der Waals surface area contributed by atoms with Crippen LogP contribution in [0.1, 0.15) is 0 Å². The fraction of sp³-hybridized carbons (Fsp3) is 0.111. The maximum atomic E-state index is 3.31. The van der Waals surface area contributed by atoms with E-state index in [9.17, 15) is 0 Å². The smallest absolute Gasteiger partial charge is 0.0729 e. The van der Waals surface area contributed by atoms with Crippen LogP contribution >= 0.6 is 11.8 Å². The summed E-state index contributed by atoms with van der Waals surface area (Å²) < 4.78 is 0. The molecule has 58 valence electrons. The first-order valence-corrected chi connectivity index (χ1v) is 4.74. The van der Waals surface area contributed by atoms with Gasteiger partial charge < -0.3 is 4.98 Å². The second kappa shape index (κ2) is 4.11. The van der Waals surface area contributed by atoms with Gasteiger partial charge in [-0.15, -0.1) is 11.8 Å². The van der Waals surface area contributed by atoms with E-state index in [1.165, 1.54) is 15.9 Å². The number of aromatic nitrogens is 1. The average Bonchev–Trinajstić information content (AvgIpc) is 2.46. The number of nitrogens with one attached hydrogen (secondary N) is 1. The van der Waals surface area contributed by atoms with Crippen molar-refractivity contribution in [1.29, 1.82) is 0 Å². The molecule has 1 nitrogen and oxygen atoms in total. The third-order valence-electron chi connectivity index (χ3n) is 1.73. The number of rotatable bonds is 1. The largest absolute Gasteiger partial charge is 0.350 e. The van der Waals surface area contributed by atoms with E-state index in [0.717, 1.165) is 0 Å². The quantitative estimate of drug-likeness (QED) is 0.586. The van der Waals surface area contributed by atoms with Crippen LogP contribution in [-0.4, -0.2) is 11.2 Å². The summed E-state index contributed by atoms with van der Waals surface area (Å²) >= 11 is 1.74. The topological polar surface area (TPSA) is 15.8 Å². The molecular formula is C9H9NSZn. The Morgan fingerprint density at radius 2 is 2.00 bits per heavy atom. The number of thioether (sulfide) groups is 1. The fourth-order valence-electron chi connectivity index (χ4n) is 1.16. The predicted octanol–water partition coefficient (Wildman–Crippen LogP) is 2.89. The van der Waals surface area contributed by atoms with Crippen LogP contribution in [0.25, 0.3) is 10.9 Å². The number of hydrogen-bond acceptors (Lipinski definition) is 1. The Labute approximate surface area is 88.7 Å². The summed E-state index contributed by atoms with van der Waals surface area (Å²) in [5.41, 5.74) is 1.22. The molecule has 1 heterocycles. The first-order valence-electron chi connectivity index (χ1n) is 3.52. The summed E-state index contributed by atoms with van der Waals surface area (Å²) in [6, 6.07) is 10.5. The molecule has 0 aliphatic rings. The van der Waals surface area contributed by atoms with Gasteiger partial charge in [-0.3, -0.25) is 0 Å². The van der Waals surface area contributed by atoms with Crippen molar-refractivity contribution in [2.75, 3.05) is 6.26 Å². The molecule has 0 atom stereocenters. The van der Waals surface area contributed by atoms with Gasteiger partial charge in [0.05, 0.1) is 5.03 Å². The second-order valence-electron chi connectivity index (χ2n) is 2.42. The maximum absolute atomic E-state index is 3.31. The zero-order chi connectivity index (χ0) is 7.68. The minimum atomic E-state index is 0. The van der Waals surface area contributed by atoms with Crippen molar-refractivity contribution in [3.63, 3.8) is 0 Å². The standard InChI is InChI=1S/C9H9NS.Zn/c1-11-9-6-7-4-2-3-5-8(7)10-9;/h2-6,10H,1H3;. The molecule has 1 aromatic carbocycles. The van der Waals surface area contributed by atoms with E-state index in [0.29, 0.717) is 0 Å². The minimum Gasteiger partial charge on any atom is -0.350 e. The second-order valence-corrected chi connectivity index (χ2v) is 3.27. The van der Waals surface area contributed by atoms with Gasteiger partial charge in [-0.05, 0) is 18.4 Å². The molecule has 1 N–H and O–H groups in total. The van der Waals surface area contributed by atoms with Crippen molar-refractivity contribution >= 4 is 22.7 Å². The van der Waals surface area contributed by atoms with Crippen LogP contribution in [0.3, 0.4) is 0 Å². The van der Waals surface area contributed by atoms with E-state index in [-0.39, 0.29) is 19.5 Å². The molecule has 12 heavy (non-hydrogen) atoms. The summed E-state index contributed by atoms with van der Waals surface area (Å²) in [6.45, 7) is 0. The Hall–Kier alpha value is -0.267. The van der Waals surface area contributed by atoms with Gasteiger partial charge in [0.25, 0.3) is 0 Å². The van der Waals surface area contributed by atoms with Gasteiger partial charge in [0.1, 0.15) is 0 Å². The maximum Gasteiger partial charge on any atom is 0.0729 e. The first kappa shape index (κ1) is 9.82. The number of hydrogen-bond donors (Lipinski definition) is 1. The molecule has 0 saturated carbocycles. The molecule has 0 aliphatic heterocycles. The molecule has 0 unspecified atom stereocenters. The van der Waals surface area contributed by atoms with E-state index < -0.39 is 0 Å². The molecule has 0 bridgehead atoms. The van der Waals surface area contributed by atoms with Crippen LogP contribution in [0.2, 0.25) is 0 Å². The zero-order valence-electron chi connectivity index (χ0n) is 7.00. The Balaban J connectivity index is 0.000000720. The molecule has 0 radical (unpaired) electrons. The summed E-state index contributed by atoms with van der Waals surface area (Å²) in [6.07, 6.45) is 2.07. The van der Waals surface area contributed by atoms with Crippen LogP contribution < -0.4 is 0 Å². The summed E-state index contributed by atoms with van der Waals surface area (Å²) in [4.78, 5) is 3.31. The van der Waals surface area contributed by atoms with Crippen molar-refractivity contribution in [3.05, 3.63) is 30.3 Å².